The highest BCUT2D eigenvalue weighted by atomic mass is 127. The molecule has 94 valence electrons. The largest absolute Gasteiger partial charge is 0.478 e. The molecule has 3 nitrogen and oxygen atoms in total. The lowest BCUT2D eigenvalue weighted by Gasteiger charge is -2.16. The number of rotatable bonds is 4. The van der Waals surface area contributed by atoms with Crippen LogP contribution in [0.25, 0.3) is 0 Å². The van der Waals surface area contributed by atoms with E-state index in [4.69, 9.17) is 9.26 Å². The Morgan fingerprint density at radius 1 is 1.29 bits per heavy atom. The zero-order chi connectivity index (χ0) is 13.1. The zero-order valence-corrected chi connectivity index (χ0v) is 13.5. The third kappa shape index (κ3) is 5.21. The summed E-state index contributed by atoms with van der Waals surface area (Å²) in [6, 6.07) is 7.59. The van der Waals surface area contributed by atoms with Crippen LogP contribution in [0.5, 0.6) is 5.75 Å². The van der Waals surface area contributed by atoms with E-state index in [0.717, 1.165) is 3.57 Å². The van der Waals surface area contributed by atoms with E-state index in [0.29, 0.717) is 5.75 Å². The average molecular weight is 367 g/mol. The van der Waals surface area contributed by atoms with Gasteiger partial charge in [0, 0.05) is 0 Å². The van der Waals surface area contributed by atoms with Crippen LogP contribution in [0.4, 0.5) is 0 Å². The molecule has 0 bridgehead atoms. The Balaban J connectivity index is 2.64. The van der Waals surface area contributed by atoms with Crippen LogP contribution in [-0.4, -0.2) is 32.1 Å². The van der Waals surface area contributed by atoms with Crippen molar-refractivity contribution in [2.45, 2.75) is 13.0 Å². The van der Waals surface area contributed by atoms with Crippen LogP contribution >= 0.6 is 30.1 Å². The van der Waals surface area contributed by atoms with Gasteiger partial charge in [0.25, 0.3) is 0 Å². The number of carbonyl (C=O) groups is 1. The lowest BCUT2D eigenvalue weighted by Crippen LogP contribution is -2.26. The number of hydrogen-bond donors (Lipinski definition) is 0. The summed E-state index contributed by atoms with van der Waals surface area (Å²) >= 11 is 2.18. The molecule has 1 aromatic rings. The van der Waals surface area contributed by atoms with E-state index in [1.54, 1.807) is 6.92 Å². The van der Waals surface area contributed by atoms with Crippen LogP contribution in [0.15, 0.2) is 24.3 Å². The van der Waals surface area contributed by atoms with Crippen molar-refractivity contribution in [2.75, 3.05) is 20.0 Å². The molecule has 0 saturated carbocycles. The Hall–Kier alpha value is -0.350. The van der Waals surface area contributed by atoms with Crippen LogP contribution in [0.3, 0.4) is 0 Å². The molecule has 0 N–H and O–H groups in total. The highest BCUT2D eigenvalue weighted by Gasteiger charge is 2.29. The molecule has 0 aliphatic carbocycles. The van der Waals surface area contributed by atoms with Crippen molar-refractivity contribution in [1.82, 2.24) is 0 Å². The van der Waals surface area contributed by atoms with Gasteiger partial charge in [0.1, 0.15) is 5.75 Å². The molecule has 0 spiro atoms. The third-order valence-electron chi connectivity index (χ3n) is 1.84. The second-order valence-corrected chi connectivity index (χ2v) is 9.61. The molecule has 0 aliphatic heterocycles. The minimum Gasteiger partial charge on any atom is -0.478 e. The molecular formula is C12H17IO3P+. The van der Waals surface area contributed by atoms with E-state index < -0.39 is 13.6 Å². The van der Waals surface area contributed by atoms with Gasteiger partial charge in [-0.1, -0.05) is 12.1 Å². The minimum atomic E-state index is -1.57. The summed E-state index contributed by atoms with van der Waals surface area (Å²) in [6.07, 6.45) is -0.579. The van der Waals surface area contributed by atoms with Crippen molar-refractivity contribution < 1.29 is 14.1 Å². The van der Waals surface area contributed by atoms with Gasteiger partial charge in [-0.2, -0.15) is 0 Å². The van der Waals surface area contributed by atoms with Gasteiger partial charge in [0.2, 0.25) is 0 Å². The Morgan fingerprint density at radius 2 is 1.88 bits per heavy atom. The molecule has 0 fully saturated rings. The van der Waals surface area contributed by atoms with E-state index in [1.807, 2.05) is 44.3 Å². The fourth-order valence-corrected chi connectivity index (χ4v) is 2.33. The summed E-state index contributed by atoms with van der Waals surface area (Å²) in [5.74, 6) is 0.412. The van der Waals surface area contributed by atoms with Gasteiger partial charge in [-0.05, 0) is 41.6 Å². The quantitative estimate of drug-likeness (QED) is 0.604. The first-order valence-corrected chi connectivity index (χ1v) is 9.38. The Kier molecular flexibility index (Phi) is 5.20. The van der Waals surface area contributed by atoms with Crippen molar-refractivity contribution in [1.29, 1.82) is 0 Å². The first-order valence-electron chi connectivity index (χ1n) is 5.25. The average Bonchev–Trinajstić information content (AvgIpc) is 2.18. The summed E-state index contributed by atoms with van der Waals surface area (Å²) in [5.41, 5.74) is 0. The number of ether oxygens (including phenoxy) is 1. The molecule has 1 atom stereocenters. The molecule has 0 unspecified atom stereocenters. The molecule has 5 heteroatoms. The summed E-state index contributed by atoms with van der Waals surface area (Å²) in [7, 11) is -1.57. The van der Waals surface area contributed by atoms with Crippen LogP contribution in [0, 0.1) is 3.57 Å². The molecule has 1 rings (SSSR count). The molecule has 0 aromatic heterocycles. The molecule has 0 radical (unpaired) electrons. The van der Waals surface area contributed by atoms with Crippen molar-refractivity contribution >= 4 is 36.0 Å². The number of benzene rings is 1. The second kappa shape index (κ2) is 6.01. The normalized spacial score (nSPS) is 13.0. The molecular weight excluding hydrogens is 350 g/mol. The summed E-state index contributed by atoms with van der Waals surface area (Å²) in [4.78, 5) is 11.8. The summed E-state index contributed by atoms with van der Waals surface area (Å²) < 4.78 is 11.9. The van der Waals surface area contributed by atoms with E-state index in [2.05, 4.69) is 22.6 Å². The second-order valence-electron chi connectivity index (χ2n) is 4.49. The highest BCUT2D eigenvalue weighted by molar-refractivity contribution is 14.1. The number of carbonyl (C=O) groups excluding carboxylic acids is 1. The van der Waals surface area contributed by atoms with Gasteiger partial charge in [0.15, 0.2) is 13.6 Å². The van der Waals surface area contributed by atoms with E-state index in [1.165, 1.54) is 0 Å². The van der Waals surface area contributed by atoms with Gasteiger partial charge in [-0.3, -0.25) is 0 Å². The number of para-hydroxylation sites is 1. The highest BCUT2D eigenvalue weighted by Crippen LogP contribution is 2.48. The molecule has 0 aliphatic rings. The van der Waals surface area contributed by atoms with Crippen molar-refractivity contribution in [3.8, 4) is 5.75 Å². The van der Waals surface area contributed by atoms with E-state index in [-0.39, 0.29) is 5.97 Å². The predicted octanol–water partition coefficient (Wildman–Crippen LogP) is 3.42. The van der Waals surface area contributed by atoms with Gasteiger partial charge in [0.05, 0.1) is 23.6 Å². The Bertz CT molecular complexity index is 401. The minimum absolute atomic E-state index is 0.300. The lowest BCUT2D eigenvalue weighted by atomic mass is 10.3. The van der Waals surface area contributed by atoms with Crippen molar-refractivity contribution in [3.05, 3.63) is 27.8 Å². The Labute approximate surface area is 116 Å². The maximum atomic E-state index is 11.8. The van der Waals surface area contributed by atoms with E-state index >= 15 is 0 Å². The SMILES string of the molecule is C[C@H](Oc1ccccc1I)C(=O)O[P+](C)(C)C. The van der Waals surface area contributed by atoms with Crippen LogP contribution in [0.1, 0.15) is 6.92 Å². The van der Waals surface area contributed by atoms with Crippen LogP contribution < -0.4 is 4.74 Å². The van der Waals surface area contributed by atoms with Gasteiger partial charge in [-0.25, -0.2) is 4.79 Å². The van der Waals surface area contributed by atoms with Gasteiger partial charge >= 0.3 is 5.97 Å². The van der Waals surface area contributed by atoms with Gasteiger partial charge in [-0.15, -0.1) is 0 Å². The third-order valence-corrected chi connectivity index (χ3v) is 3.46. The first-order chi connectivity index (χ1) is 7.79. The molecule has 0 saturated heterocycles. The lowest BCUT2D eigenvalue weighted by molar-refractivity contribution is -0.140. The molecule has 17 heavy (non-hydrogen) atoms. The van der Waals surface area contributed by atoms with Crippen LogP contribution in [-0.2, 0) is 9.32 Å². The number of halogens is 1. The molecule has 1 aromatic carbocycles. The molecule has 0 heterocycles. The van der Waals surface area contributed by atoms with Crippen molar-refractivity contribution in [3.63, 3.8) is 0 Å². The molecule has 0 amide bonds. The Morgan fingerprint density at radius 3 is 2.41 bits per heavy atom. The van der Waals surface area contributed by atoms with Crippen LogP contribution in [0.2, 0.25) is 0 Å². The van der Waals surface area contributed by atoms with E-state index in [9.17, 15) is 4.79 Å². The smallest absolute Gasteiger partial charge is 0.389 e. The zero-order valence-electron chi connectivity index (χ0n) is 10.4. The topological polar surface area (TPSA) is 35.5 Å². The maximum absolute atomic E-state index is 11.8. The van der Waals surface area contributed by atoms with Gasteiger partial charge < -0.3 is 9.26 Å². The fourth-order valence-electron chi connectivity index (χ4n) is 1.12. The first kappa shape index (κ1) is 14.7. The van der Waals surface area contributed by atoms with Crippen molar-refractivity contribution in [2.24, 2.45) is 0 Å². The standard InChI is InChI=1S/C12H17IO3P/c1-9(12(14)16-17(2,3)4)15-11-8-6-5-7-10(11)13/h5-9H,1-4H3/q+1/t9-/m0/s1. The maximum Gasteiger partial charge on any atom is 0.389 e. The summed E-state index contributed by atoms with van der Waals surface area (Å²) in [5, 5.41) is 0. The number of hydrogen-bond acceptors (Lipinski definition) is 3. The summed E-state index contributed by atoms with van der Waals surface area (Å²) in [6.45, 7) is 7.55. The monoisotopic (exact) mass is 367 g/mol. The predicted molar refractivity (Wildman–Crippen MR) is 80.0 cm³/mol. The fraction of sp³-hybridized carbons (Fsp3) is 0.417.